The minimum atomic E-state index is -0.253. The van der Waals surface area contributed by atoms with E-state index < -0.39 is 0 Å². The van der Waals surface area contributed by atoms with Crippen molar-refractivity contribution in [3.8, 4) is 0 Å². The third kappa shape index (κ3) is 16.1. The van der Waals surface area contributed by atoms with Gasteiger partial charge in [0.05, 0.1) is 35.4 Å². The molecule has 1 spiro atoms. The van der Waals surface area contributed by atoms with E-state index in [9.17, 15) is 19.2 Å². The maximum Gasteiger partial charge on any atom is 0.242 e. The molecule has 2 atom stereocenters. The maximum absolute atomic E-state index is 12.2. The summed E-state index contributed by atoms with van der Waals surface area (Å²) in [5, 5.41) is -0.450. The Bertz CT molecular complexity index is 1010. The van der Waals surface area contributed by atoms with Crippen LogP contribution < -0.4 is 11.5 Å². The SMILES string of the molecule is C1CC12CC2.CC.CN=C(N)CCCSC1CC(=O)N(C)C1=O.CN=C(N)CCCSC1CC(=O)N(CCCOCCOC)C1=O. The number of ether oxygens (including phenoxy) is 2. The van der Waals surface area contributed by atoms with E-state index in [1.807, 2.05) is 13.8 Å². The fourth-order valence-electron chi connectivity index (χ4n) is 4.47. The van der Waals surface area contributed by atoms with Gasteiger partial charge in [0, 0.05) is 67.1 Å². The van der Waals surface area contributed by atoms with E-state index >= 15 is 0 Å². The quantitative estimate of drug-likeness (QED) is 0.1000. The lowest BCUT2D eigenvalue weighted by atomic mass is 10.3. The molecule has 2 saturated carbocycles. The second-order valence-corrected chi connectivity index (χ2v) is 14.0. The predicted molar refractivity (Wildman–Crippen MR) is 189 cm³/mol. The molecule has 2 saturated heterocycles. The molecule has 4 N–H and O–H groups in total. The van der Waals surface area contributed by atoms with Gasteiger partial charge in [0.1, 0.15) is 0 Å². The lowest BCUT2D eigenvalue weighted by Gasteiger charge is -2.14. The minimum Gasteiger partial charge on any atom is -0.387 e. The van der Waals surface area contributed by atoms with Crippen LogP contribution in [-0.4, -0.2) is 122 Å². The van der Waals surface area contributed by atoms with Gasteiger partial charge in [-0.25, -0.2) is 0 Å². The first-order chi connectivity index (χ1) is 22.1. The van der Waals surface area contributed by atoms with Gasteiger partial charge in [0.25, 0.3) is 0 Å². The van der Waals surface area contributed by atoms with E-state index in [1.165, 1.54) is 40.4 Å². The molecule has 14 heteroatoms. The Labute approximate surface area is 284 Å². The van der Waals surface area contributed by atoms with Crippen molar-refractivity contribution in [2.45, 2.75) is 95.0 Å². The molecule has 2 unspecified atom stereocenters. The Balaban J connectivity index is 0.000000392. The van der Waals surface area contributed by atoms with Crippen LogP contribution in [0.3, 0.4) is 0 Å². The summed E-state index contributed by atoms with van der Waals surface area (Å²) in [5.41, 5.74) is 12.2. The highest BCUT2D eigenvalue weighted by molar-refractivity contribution is 8.00. The second kappa shape index (κ2) is 23.2. The van der Waals surface area contributed by atoms with Gasteiger partial charge in [0.2, 0.25) is 23.6 Å². The zero-order valence-corrected chi connectivity index (χ0v) is 30.5. The largest absolute Gasteiger partial charge is 0.387 e. The van der Waals surface area contributed by atoms with Gasteiger partial charge in [0.15, 0.2) is 0 Å². The van der Waals surface area contributed by atoms with Gasteiger partial charge in [-0.2, -0.15) is 0 Å². The zero-order chi connectivity index (χ0) is 34.5. The van der Waals surface area contributed by atoms with Crippen molar-refractivity contribution in [2.75, 3.05) is 66.1 Å². The first-order valence-electron chi connectivity index (χ1n) is 16.4. The van der Waals surface area contributed by atoms with Crippen LogP contribution in [0.25, 0.3) is 0 Å². The normalized spacial score (nSPS) is 21.4. The Morgan fingerprint density at radius 2 is 1.30 bits per heavy atom. The number of amides is 4. The second-order valence-electron chi connectivity index (χ2n) is 11.4. The van der Waals surface area contributed by atoms with Crippen molar-refractivity contribution >= 4 is 58.8 Å². The molecule has 0 aromatic rings. The Kier molecular flexibility index (Phi) is 21.1. The number of nitrogens with zero attached hydrogens (tertiary/aromatic N) is 4. The first-order valence-corrected chi connectivity index (χ1v) is 18.5. The molecule has 4 amide bonds. The van der Waals surface area contributed by atoms with E-state index in [0.29, 0.717) is 57.3 Å². The number of nitrogens with two attached hydrogens (primary N) is 2. The fraction of sp³-hybridized carbons (Fsp3) is 0.812. The average molecular weight is 687 g/mol. The van der Waals surface area contributed by atoms with Gasteiger partial charge in [-0.3, -0.25) is 39.0 Å². The Hall–Kier alpha value is -2.16. The predicted octanol–water partition coefficient (Wildman–Crippen LogP) is 3.50. The van der Waals surface area contributed by atoms with Crippen LogP contribution >= 0.6 is 23.5 Å². The summed E-state index contributed by atoms with van der Waals surface area (Å²) in [6.45, 7) is 6.03. The third-order valence-electron chi connectivity index (χ3n) is 7.93. The lowest BCUT2D eigenvalue weighted by Crippen LogP contribution is -2.33. The number of likely N-dealkylation sites (tertiary alicyclic amines) is 2. The van der Waals surface area contributed by atoms with E-state index in [1.54, 1.807) is 46.9 Å². The van der Waals surface area contributed by atoms with Crippen LogP contribution in [0.4, 0.5) is 0 Å². The van der Waals surface area contributed by atoms with E-state index in [-0.39, 0.29) is 34.1 Å². The molecule has 12 nitrogen and oxygen atoms in total. The van der Waals surface area contributed by atoms with Gasteiger partial charge in [-0.05, 0) is 61.9 Å². The van der Waals surface area contributed by atoms with Crippen LogP contribution in [0.5, 0.6) is 0 Å². The molecule has 4 aliphatic rings. The van der Waals surface area contributed by atoms with Gasteiger partial charge < -0.3 is 20.9 Å². The summed E-state index contributed by atoms with van der Waals surface area (Å²) in [4.78, 5) is 57.3. The Morgan fingerprint density at radius 1 is 0.804 bits per heavy atom. The van der Waals surface area contributed by atoms with Crippen LogP contribution in [0.15, 0.2) is 9.98 Å². The third-order valence-corrected chi connectivity index (χ3v) is 10.5. The molecule has 2 aliphatic heterocycles. The molecular formula is C32H58N6O6S2. The molecule has 46 heavy (non-hydrogen) atoms. The van der Waals surface area contributed by atoms with Crippen molar-refractivity contribution in [3.63, 3.8) is 0 Å². The summed E-state index contributed by atoms with van der Waals surface area (Å²) < 4.78 is 10.2. The van der Waals surface area contributed by atoms with Crippen molar-refractivity contribution in [3.05, 3.63) is 0 Å². The molecule has 264 valence electrons. The van der Waals surface area contributed by atoms with Crippen molar-refractivity contribution < 1.29 is 28.7 Å². The molecule has 4 fully saturated rings. The van der Waals surface area contributed by atoms with Crippen LogP contribution in [0.2, 0.25) is 0 Å². The van der Waals surface area contributed by atoms with Crippen molar-refractivity contribution in [1.29, 1.82) is 0 Å². The fourth-order valence-corrected chi connectivity index (χ4v) is 6.76. The van der Waals surface area contributed by atoms with E-state index in [0.717, 1.165) is 42.6 Å². The summed E-state index contributed by atoms with van der Waals surface area (Å²) in [5.74, 6) is 2.56. The summed E-state index contributed by atoms with van der Waals surface area (Å²) in [6, 6.07) is 0. The van der Waals surface area contributed by atoms with Gasteiger partial charge in [-0.15, -0.1) is 23.5 Å². The number of carbonyl (C=O) groups excluding carboxylic acids is 4. The van der Waals surface area contributed by atoms with Crippen LogP contribution in [0, 0.1) is 5.41 Å². The molecule has 0 radical (unpaired) electrons. The van der Waals surface area contributed by atoms with Crippen LogP contribution in [0.1, 0.15) is 84.5 Å². The molecule has 4 rings (SSSR count). The molecule has 2 aliphatic carbocycles. The highest BCUT2D eigenvalue weighted by Gasteiger charge is 2.52. The molecular weight excluding hydrogens is 629 g/mol. The van der Waals surface area contributed by atoms with Gasteiger partial charge >= 0.3 is 0 Å². The minimum absolute atomic E-state index is 0.0750. The maximum atomic E-state index is 12.2. The molecule has 2 heterocycles. The average Bonchev–Trinajstić information content (AvgIpc) is 3.99. The topological polar surface area (TPSA) is 170 Å². The molecule has 0 aromatic heterocycles. The van der Waals surface area contributed by atoms with Crippen molar-refractivity contribution in [2.24, 2.45) is 26.9 Å². The standard InChI is InChI=1S/C15H27N3O4S.C10H17N3O2S.C5H8.C2H6/c1-17-13(16)5-3-10-23-12-11-14(19)18(15(12)20)6-4-7-22-9-8-21-2;1-12-8(11)4-3-5-16-7-6-9(14)13(2)10(7)15;1-2-5(1)3-4-5;1-2/h12H,3-11H2,1-2H3,(H2,16,17);7H,3-6H2,1-2H3,(H2,11,12);1-4H2;1-2H3. The molecule has 0 bridgehead atoms. The number of rotatable bonds is 17. The number of aliphatic imine (C=N–C) groups is 2. The van der Waals surface area contributed by atoms with Gasteiger partial charge in [-0.1, -0.05) is 13.8 Å². The highest BCUT2D eigenvalue weighted by Crippen LogP contribution is 2.65. The number of hydrogen-bond acceptors (Lipinski definition) is 10. The smallest absolute Gasteiger partial charge is 0.242 e. The monoisotopic (exact) mass is 686 g/mol. The highest BCUT2D eigenvalue weighted by atomic mass is 32.2. The van der Waals surface area contributed by atoms with Crippen molar-refractivity contribution in [1.82, 2.24) is 9.80 Å². The zero-order valence-electron chi connectivity index (χ0n) is 28.9. The first kappa shape index (κ1) is 41.9. The van der Waals surface area contributed by atoms with Crippen LogP contribution in [-0.2, 0) is 28.7 Å². The molecule has 0 aromatic carbocycles. The number of thioether (sulfide) groups is 2. The lowest BCUT2D eigenvalue weighted by molar-refractivity contribution is -0.139. The number of imide groups is 2. The summed E-state index contributed by atoms with van der Waals surface area (Å²) in [6.07, 6.45) is 10.7. The summed E-state index contributed by atoms with van der Waals surface area (Å²) >= 11 is 3.06. The van der Waals surface area contributed by atoms with E-state index in [4.69, 9.17) is 20.9 Å². The summed E-state index contributed by atoms with van der Waals surface area (Å²) in [7, 11) is 6.48. The Morgan fingerprint density at radius 3 is 1.72 bits per heavy atom. The number of methoxy groups -OCH3 is 1. The number of carbonyl (C=O) groups is 4. The number of amidine groups is 2. The van der Waals surface area contributed by atoms with E-state index in [2.05, 4.69) is 9.98 Å². The number of hydrogen-bond donors (Lipinski definition) is 2.